The Morgan fingerprint density at radius 1 is 1.04 bits per heavy atom. The van der Waals surface area contributed by atoms with E-state index in [2.05, 4.69) is 46.3 Å². The summed E-state index contributed by atoms with van der Waals surface area (Å²) in [5, 5.41) is 3.01. The number of rotatable bonds is 5. The summed E-state index contributed by atoms with van der Waals surface area (Å²) >= 11 is 0. The second-order valence-corrected chi connectivity index (χ2v) is 6.50. The van der Waals surface area contributed by atoms with Crippen molar-refractivity contribution in [3.05, 3.63) is 60.2 Å². The average molecular weight is 338 g/mol. The quantitative estimate of drug-likeness (QED) is 0.821. The van der Waals surface area contributed by atoms with E-state index in [0.29, 0.717) is 23.8 Å². The third kappa shape index (κ3) is 4.31. The maximum atomic E-state index is 12.3. The van der Waals surface area contributed by atoms with Crippen molar-refractivity contribution in [2.75, 3.05) is 43.4 Å². The molecule has 0 saturated carbocycles. The first-order chi connectivity index (χ1) is 12.1. The number of nitrogens with zero attached hydrogens (tertiary/aromatic N) is 2. The molecule has 1 amide bonds. The van der Waals surface area contributed by atoms with Crippen LogP contribution in [0, 0.1) is 0 Å². The standard InChI is InChI=1S/C20H26N4O/c1-16(15-22-20(25)18-9-5-6-10-19(18)21)23-11-13-24(14-12-23)17-7-3-2-4-8-17/h2-10,16H,11-15,21H2,1H3,(H,22,25). The van der Waals surface area contributed by atoms with Gasteiger partial charge in [0.25, 0.3) is 5.91 Å². The van der Waals surface area contributed by atoms with E-state index >= 15 is 0 Å². The molecule has 1 aliphatic rings. The number of hydrogen-bond acceptors (Lipinski definition) is 4. The molecule has 0 bridgehead atoms. The highest BCUT2D eigenvalue weighted by Gasteiger charge is 2.21. The van der Waals surface area contributed by atoms with E-state index < -0.39 is 0 Å². The van der Waals surface area contributed by atoms with Crippen molar-refractivity contribution in [2.24, 2.45) is 0 Å². The van der Waals surface area contributed by atoms with Gasteiger partial charge in [0.1, 0.15) is 0 Å². The fourth-order valence-electron chi connectivity index (χ4n) is 3.23. The lowest BCUT2D eigenvalue weighted by molar-refractivity contribution is 0.0935. The molecule has 25 heavy (non-hydrogen) atoms. The summed E-state index contributed by atoms with van der Waals surface area (Å²) in [4.78, 5) is 17.1. The number of anilines is 2. The number of nitrogen functional groups attached to an aromatic ring is 1. The van der Waals surface area contributed by atoms with Crippen molar-refractivity contribution in [1.82, 2.24) is 10.2 Å². The summed E-state index contributed by atoms with van der Waals surface area (Å²) < 4.78 is 0. The fraction of sp³-hybridized carbons (Fsp3) is 0.350. The van der Waals surface area contributed by atoms with Gasteiger partial charge in [0.2, 0.25) is 0 Å². The van der Waals surface area contributed by atoms with Crippen molar-refractivity contribution in [3.8, 4) is 0 Å². The van der Waals surface area contributed by atoms with Crippen molar-refractivity contribution in [3.63, 3.8) is 0 Å². The molecule has 0 spiro atoms. The molecule has 132 valence electrons. The van der Waals surface area contributed by atoms with E-state index in [1.54, 1.807) is 12.1 Å². The fourth-order valence-corrected chi connectivity index (χ4v) is 3.23. The Labute approximate surface area is 149 Å². The Bertz CT molecular complexity index is 696. The summed E-state index contributed by atoms with van der Waals surface area (Å²) in [6.45, 7) is 6.80. The normalized spacial score (nSPS) is 16.4. The van der Waals surface area contributed by atoms with Gasteiger partial charge < -0.3 is 16.0 Å². The smallest absolute Gasteiger partial charge is 0.253 e. The van der Waals surface area contributed by atoms with Crippen LogP contribution >= 0.6 is 0 Å². The van der Waals surface area contributed by atoms with Gasteiger partial charge in [-0.1, -0.05) is 30.3 Å². The molecular weight excluding hydrogens is 312 g/mol. The van der Waals surface area contributed by atoms with Crippen molar-refractivity contribution >= 4 is 17.3 Å². The Morgan fingerprint density at radius 3 is 2.36 bits per heavy atom. The predicted octanol–water partition coefficient (Wildman–Crippen LogP) is 2.21. The van der Waals surface area contributed by atoms with Crippen LogP contribution in [0.15, 0.2) is 54.6 Å². The minimum absolute atomic E-state index is 0.104. The zero-order chi connectivity index (χ0) is 17.6. The number of hydrogen-bond donors (Lipinski definition) is 2. The predicted molar refractivity (Wildman–Crippen MR) is 103 cm³/mol. The topological polar surface area (TPSA) is 61.6 Å². The molecule has 1 fully saturated rings. The van der Waals surface area contributed by atoms with E-state index in [1.807, 2.05) is 18.2 Å². The van der Waals surface area contributed by atoms with Crippen LogP contribution in [-0.2, 0) is 0 Å². The molecule has 0 aliphatic carbocycles. The molecule has 1 atom stereocenters. The Morgan fingerprint density at radius 2 is 1.68 bits per heavy atom. The van der Waals surface area contributed by atoms with Crippen molar-refractivity contribution in [2.45, 2.75) is 13.0 Å². The molecule has 2 aromatic rings. The third-order valence-corrected chi connectivity index (χ3v) is 4.82. The number of nitrogens with two attached hydrogens (primary N) is 1. The van der Waals surface area contributed by atoms with Gasteiger partial charge in [-0.3, -0.25) is 9.69 Å². The van der Waals surface area contributed by atoms with Crippen LogP contribution in [0.1, 0.15) is 17.3 Å². The zero-order valence-corrected chi connectivity index (χ0v) is 14.7. The highest BCUT2D eigenvalue weighted by molar-refractivity contribution is 5.99. The molecular formula is C20H26N4O. The number of nitrogens with one attached hydrogen (secondary N) is 1. The highest BCUT2D eigenvalue weighted by Crippen LogP contribution is 2.16. The van der Waals surface area contributed by atoms with Gasteiger partial charge in [-0.05, 0) is 31.2 Å². The molecule has 1 unspecified atom stereocenters. The summed E-state index contributed by atoms with van der Waals surface area (Å²) in [5.41, 5.74) is 8.21. The van der Waals surface area contributed by atoms with Crippen LogP contribution in [0.5, 0.6) is 0 Å². The molecule has 3 rings (SSSR count). The molecule has 1 aliphatic heterocycles. The maximum absolute atomic E-state index is 12.3. The van der Waals surface area contributed by atoms with Crippen LogP contribution in [0.3, 0.4) is 0 Å². The van der Waals surface area contributed by atoms with Gasteiger partial charge in [-0.15, -0.1) is 0 Å². The van der Waals surface area contributed by atoms with Gasteiger partial charge in [0.05, 0.1) is 5.56 Å². The molecule has 2 aromatic carbocycles. The SMILES string of the molecule is CC(CNC(=O)c1ccccc1N)N1CCN(c2ccccc2)CC1. The highest BCUT2D eigenvalue weighted by atomic mass is 16.1. The number of amides is 1. The minimum atomic E-state index is -0.104. The second-order valence-electron chi connectivity index (χ2n) is 6.50. The van der Waals surface area contributed by atoms with Gasteiger partial charge in [-0.2, -0.15) is 0 Å². The third-order valence-electron chi connectivity index (χ3n) is 4.82. The summed E-state index contributed by atoms with van der Waals surface area (Å²) in [6.07, 6.45) is 0. The monoisotopic (exact) mass is 338 g/mol. The molecule has 1 heterocycles. The minimum Gasteiger partial charge on any atom is -0.398 e. The largest absolute Gasteiger partial charge is 0.398 e. The van der Waals surface area contributed by atoms with Crippen LogP contribution in [0.4, 0.5) is 11.4 Å². The Kier molecular flexibility index (Phi) is 5.56. The van der Waals surface area contributed by atoms with Crippen molar-refractivity contribution < 1.29 is 4.79 Å². The van der Waals surface area contributed by atoms with Gasteiger partial charge in [0.15, 0.2) is 0 Å². The lowest BCUT2D eigenvalue weighted by Gasteiger charge is -2.39. The van der Waals surface area contributed by atoms with Gasteiger partial charge in [-0.25, -0.2) is 0 Å². The first-order valence-electron chi connectivity index (χ1n) is 8.82. The summed E-state index contributed by atoms with van der Waals surface area (Å²) in [7, 11) is 0. The average Bonchev–Trinajstić information content (AvgIpc) is 2.67. The van der Waals surface area contributed by atoms with Crippen molar-refractivity contribution in [1.29, 1.82) is 0 Å². The van der Waals surface area contributed by atoms with Gasteiger partial charge >= 0.3 is 0 Å². The number of benzene rings is 2. The second kappa shape index (κ2) is 8.03. The maximum Gasteiger partial charge on any atom is 0.253 e. The molecule has 0 radical (unpaired) electrons. The molecule has 3 N–H and O–H groups in total. The molecule has 5 nitrogen and oxygen atoms in total. The first-order valence-corrected chi connectivity index (χ1v) is 8.82. The van der Waals surface area contributed by atoms with Gasteiger partial charge in [0, 0.05) is 50.1 Å². The molecule has 0 aromatic heterocycles. The lowest BCUT2D eigenvalue weighted by atomic mass is 10.1. The number of carbonyl (C=O) groups is 1. The van der Waals surface area contributed by atoms with E-state index in [1.165, 1.54) is 5.69 Å². The van der Waals surface area contributed by atoms with Crippen LogP contribution < -0.4 is 16.0 Å². The summed E-state index contributed by atoms with van der Waals surface area (Å²) in [5.74, 6) is -0.104. The molecule has 1 saturated heterocycles. The lowest BCUT2D eigenvalue weighted by Crippen LogP contribution is -2.52. The Hall–Kier alpha value is -2.53. The van der Waals surface area contributed by atoms with Crippen LogP contribution in [0.2, 0.25) is 0 Å². The van der Waals surface area contributed by atoms with E-state index in [-0.39, 0.29) is 5.91 Å². The Balaban J connectivity index is 1.47. The van der Waals surface area contributed by atoms with Crippen LogP contribution in [0.25, 0.3) is 0 Å². The number of para-hydroxylation sites is 2. The summed E-state index contributed by atoms with van der Waals surface area (Å²) in [6, 6.07) is 18.0. The molecule has 5 heteroatoms. The number of carbonyl (C=O) groups excluding carboxylic acids is 1. The number of piperazine rings is 1. The zero-order valence-electron chi connectivity index (χ0n) is 14.7. The van der Waals surface area contributed by atoms with E-state index in [9.17, 15) is 4.79 Å². The van der Waals surface area contributed by atoms with Crippen LogP contribution in [-0.4, -0.2) is 49.6 Å². The van der Waals surface area contributed by atoms with E-state index in [4.69, 9.17) is 5.73 Å². The first kappa shape index (κ1) is 17.3. The van der Waals surface area contributed by atoms with E-state index in [0.717, 1.165) is 26.2 Å².